The van der Waals surface area contributed by atoms with E-state index in [1.807, 2.05) is 0 Å². The normalized spacial score (nSPS) is 20.7. The average molecular weight is 1520 g/mol. The molecule has 105 heavy (non-hydrogen) atoms. The third-order valence-electron chi connectivity index (χ3n) is 17.0. The molecular weight excluding hydrogens is 1430 g/mol. The number of aliphatic hydroxyl groups excluding tert-OH is 1. The predicted molar refractivity (Wildman–Crippen MR) is 387 cm³/mol. The number of carboxylic acid groups (broad SMARTS) is 3. The summed E-state index contributed by atoms with van der Waals surface area (Å²) in [5, 5.41) is 84.9. The SMILES string of the molecule is C[C@@H](O)[C@@H]1NC(=O)[C@H](CCCCN)NC(=O)[C@@H](Cc2ccc(NC(N)=O)cc2)NC(=O)[C@H](Cc2ccc(O)cc2)NC(=O)[C@@H](NC(=O)[C@@H](Cc2ccc(Cl)cc2)NC(=O)CC[C@H](C(=O)O)N2CCN(CC(=O)O)CCN(CC(=O)O)CC2)CSSC[C@@H](C(=O)N[C@H](Cc2ccc(O)cc2)C(N)=O)NC1=O. The second kappa shape index (κ2) is 42.2. The molecule has 0 spiro atoms. The minimum absolute atomic E-state index is 0.00853. The molecule has 2 fully saturated rings. The number of unbranched alkanes of at least 4 members (excludes halogenated alkanes) is 1. The number of carbonyl (C=O) groups is 13. The van der Waals surface area contributed by atoms with Crippen LogP contribution in [-0.2, 0) is 83.2 Å². The van der Waals surface area contributed by atoms with E-state index in [1.165, 1.54) is 99.6 Å². The molecule has 6 rings (SSSR count). The van der Waals surface area contributed by atoms with Gasteiger partial charge in [-0.1, -0.05) is 81.7 Å². The molecule has 2 aliphatic rings. The first-order valence-corrected chi connectivity index (χ1v) is 36.4. The Morgan fingerprint density at radius 1 is 0.590 bits per heavy atom. The van der Waals surface area contributed by atoms with Gasteiger partial charge in [-0.15, -0.1) is 0 Å². The van der Waals surface area contributed by atoms with Crippen LogP contribution in [-0.4, -0.2) is 253 Å². The van der Waals surface area contributed by atoms with Gasteiger partial charge in [0.05, 0.1) is 19.2 Å². The smallest absolute Gasteiger partial charge is 0.320 e. The third kappa shape index (κ3) is 29.0. The Morgan fingerprint density at radius 2 is 1.08 bits per heavy atom. The minimum Gasteiger partial charge on any atom is -0.508 e. The average Bonchev–Trinajstić information content (AvgIpc) is 1.56. The van der Waals surface area contributed by atoms with Crippen LogP contribution in [0.4, 0.5) is 10.5 Å². The highest BCUT2D eigenvalue weighted by Gasteiger charge is 2.38. The number of anilines is 1. The van der Waals surface area contributed by atoms with E-state index < -0.39 is 169 Å². The lowest BCUT2D eigenvalue weighted by molar-refractivity contribution is -0.145. The lowest BCUT2D eigenvalue weighted by atomic mass is 10.0. The highest BCUT2D eigenvalue weighted by molar-refractivity contribution is 8.76. The zero-order valence-electron chi connectivity index (χ0n) is 57.4. The van der Waals surface area contributed by atoms with Crippen LogP contribution >= 0.6 is 33.2 Å². The van der Waals surface area contributed by atoms with Crippen molar-refractivity contribution in [2.75, 3.05) is 75.7 Å². The zero-order valence-corrected chi connectivity index (χ0v) is 59.8. The molecule has 0 aromatic heterocycles. The standard InChI is InChI=1S/C68H90ClN15O19S2/c1-38(85)58-66(100)80-53(64(98)76-48(59(71)93)30-41-9-17-45(86)18-10-41)37-105-104-36-52(79-61(95)49(31-39-5-13-43(69)14-6-39)74-55(88)22-21-54(67(101)102)84-28-26-82(34-56(89)90)24-25-83(27-29-84)35-57(91)92)65(99)78-51(33-42-11-19-46(87)20-12-42)63(97)77-50(32-40-7-15-44(16-8-40)73-68(72)103)62(96)75-47(60(94)81-58)4-2-3-23-70/h5-20,38,47-54,58,85-87H,2-4,21-37,70H2,1H3,(H2,71,93)(H,74,88)(H,75,96)(H,76,98)(H,77,97)(H,78,99)(H,79,95)(H,80,100)(H,81,94)(H,89,90)(H,91,92)(H,101,102)(H3,72,73,103)/t38-,47+,48-,49-,50-,51+,52+,53+,54-,58+/m1/s1. The van der Waals surface area contributed by atoms with E-state index in [4.69, 9.17) is 28.8 Å². The lowest BCUT2D eigenvalue weighted by Crippen LogP contribution is -2.62. The van der Waals surface area contributed by atoms with Gasteiger partial charge >= 0.3 is 23.9 Å². The molecule has 0 bridgehead atoms. The van der Waals surface area contributed by atoms with Crippen LogP contribution in [0.3, 0.4) is 0 Å². The van der Waals surface area contributed by atoms with Gasteiger partial charge in [0.1, 0.15) is 65.9 Å². The van der Waals surface area contributed by atoms with Crippen molar-refractivity contribution in [3.8, 4) is 11.5 Å². The number of urea groups is 1. The molecule has 4 aromatic rings. The molecule has 0 unspecified atom stereocenters. The number of benzene rings is 4. The molecule has 0 aliphatic carbocycles. The maximum absolute atomic E-state index is 15.3. The Balaban J connectivity index is 1.42. The summed E-state index contributed by atoms with van der Waals surface area (Å²) in [7, 11) is 1.68. The number of hydrogen-bond donors (Lipinski definition) is 18. The minimum atomic E-state index is -1.86. The molecule has 21 N–H and O–H groups in total. The summed E-state index contributed by atoms with van der Waals surface area (Å²) in [6.07, 6.45) is -3.34. The number of carboxylic acids is 3. The molecule has 2 heterocycles. The van der Waals surface area contributed by atoms with Gasteiger partial charge < -0.3 is 95.7 Å². The highest BCUT2D eigenvalue weighted by atomic mass is 35.5. The number of amides is 11. The van der Waals surface area contributed by atoms with Crippen LogP contribution in [0.5, 0.6) is 11.5 Å². The maximum atomic E-state index is 15.3. The Morgan fingerprint density at radius 3 is 1.59 bits per heavy atom. The van der Waals surface area contributed by atoms with E-state index in [9.17, 15) is 78.6 Å². The summed E-state index contributed by atoms with van der Waals surface area (Å²) >= 11 is 6.26. The first-order valence-electron chi connectivity index (χ1n) is 33.6. The van der Waals surface area contributed by atoms with Crippen molar-refractivity contribution in [2.24, 2.45) is 17.2 Å². The molecule has 10 atom stereocenters. The number of phenols is 2. The number of aromatic hydroxyl groups is 2. The topological polar surface area (TPSA) is 539 Å². The summed E-state index contributed by atoms with van der Waals surface area (Å²) in [6, 6.07) is 7.85. The van der Waals surface area contributed by atoms with E-state index >= 15 is 14.4 Å². The first-order chi connectivity index (χ1) is 49.9. The monoisotopic (exact) mass is 1520 g/mol. The summed E-state index contributed by atoms with van der Waals surface area (Å²) in [5.74, 6) is -13.9. The van der Waals surface area contributed by atoms with E-state index in [0.29, 0.717) is 33.7 Å². The number of primary amides is 2. The fraction of sp³-hybridized carbons (Fsp3) is 0.456. The number of rotatable bonds is 29. The number of nitrogens with two attached hydrogens (primary N) is 3. The van der Waals surface area contributed by atoms with Gasteiger partial charge in [-0.3, -0.25) is 72.2 Å². The number of nitrogens with zero attached hydrogens (tertiary/aromatic N) is 3. The van der Waals surface area contributed by atoms with E-state index in [0.717, 1.165) is 28.5 Å². The van der Waals surface area contributed by atoms with Crippen LogP contribution in [0.2, 0.25) is 5.02 Å². The molecule has 11 amide bonds. The third-order valence-corrected chi connectivity index (χ3v) is 19.7. The molecule has 0 saturated carbocycles. The van der Waals surface area contributed by atoms with E-state index in [-0.39, 0.29) is 108 Å². The Labute approximate surface area is 617 Å². The van der Waals surface area contributed by atoms with E-state index in [2.05, 4.69) is 47.9 Å². The molecule has 34 nitrogen and oxygen atoms in total. The Bertz CT molecular complexity index is 3640. The summed E-state index contributed by atoms with van der Waals surface area (Å²) in [4.78, 5) is 184. The lowest BCUT2D eigenvalue weighted by Gasteiger charge is -2.30. The summed E-state index contributed by atoms with van der Waals surface area (Å²) < 4.78 is 0. The van der Waals surface area contributed by atoms with Gasteiger partial charge in [0.25, 0.3) is 0 Å². The van der Waals surface area contributed by atoms with Crippen LogP contribution in [0, 0.1) is 0 Å². The summed E-state index contributed by atoms with van der Waals surface area (Å²) in [6.45, 7) is 0.957. The van der Waals surface area contributed by atoms with Gasteiger partial charge in [0, 0.05) is 93.6 Å². The van der Waals surface area contributed by atoms with Crippen LogP contribution in [0.1, 0.15) is 61.3 Å². The fourth-order valence-electron chi connectivity index (χ4n) is 11.4. The number of carbonyl (C=O) groups excluding carboxylic acids is 10. The van der Waals surface area contributed by atoms with Crippen molar-refractivity contribution >= 4 is 116 Å². The van der Waals surface area contributed by atoms with Crippen LogP contribution in [0.25, 0.3) is 0 Å². The fourth-order valence-corrected chi connectivity index (χ4v) is 13.8. The number of nitrogens with one attached hydrogen (secondary N) is 9. The van der Waals surface area contributed by atoms with Crippen LogP contribution in [0.15, 0.2) is 97.1 Å². The van der Waals surface area contributed by atoms with Crippen molar-refractivity contribution < 1.29 is 93.0 Å². The van der Waals surface area contributed by atoms with Gasteiger partial charge in [-0.25, -0.2) is 4.79 Å². The van der Waals surface area contributed by atoms with Crippen molar-refractivity contribution in [1.29, 1.82) is 0 Å². The quantitative estimate of drug-likeness (QED) is 0.0209. The van der Waals surface area contributed by atoms with Crippen molar-refractivity contribution in [2.45, 2.75) is 125 Å². The Hall–Kier alpha value is -9.82. The number of hydrogen-bond acceptors (Lipinski definition) is 22. The predicted octanol–water partition coefficient (Wildman–Crippen LogP) is -1.90. The molecule has 37 heteroatoms. The highest BCUT2D eigenvalue weighted by Crippen LogP contribution is 2.25. The number of aliphatic carboxylic acids is 3. The van der Waals surface area contributed by atoms with Crippen LogP contribution < -0.4 is 65.1 Å². The van der Waals surface area contributed by atoms with Crippen molar-refractivity contribution in [3.63, 3.8) is 0 Å². The molecule has 570 valence electrons. The van der Waals surface area contributed by atoms with E-state index in [1.54, 1.807) is 12.1 Å². The number of aliphatic hydroxyl groups is 1. The molecule has 2 saturated heterocycles. The number of halogens is 1. The van der Waals surface area contributed by atoms with Gasteiger partial charge in [-0.2, -0.15) is 0 Å². The number of phenolic OH excluding ortho intramolecular Hbond substituents is 2. The Kier molecular flexibility index (Phi) is 33.8. The molecule has 4 aromatic carbocycles. The van der Waals surface area contributed by atoms with Crippen molar-refractivity contribution in [1.82, 2.24) is 57.2 Å². The zero-order chi connectivity index (χ0) is 76.9. The second-order valence-corrected chi connectivity index (χ2v) is 28.2. The van der Waals surface area contributed by atoms with Crippen molar-refractivity contribution in [3.05, 3.63) is 124 Å². The van der Waals surface area contributed by atoms with Gasteiger partial charge in [0.2, 0.25) is 53.2 Å². The first kappa shape index (κ1) is 84.1. The maximum Gasteiger partial charge on any atom is 0.320 e. The van der Waals surface area contributed by atoms with Gasteiger partial charge in [-0.05, 0) is 110 Å². The second-order valence-electron chi connectivity index (χ2n) is 25.2. The van der Waals surface area contributed by atoms with Gasteiger partial charge in [0.15, 0.2) is 0 Å². The largest absolute Gasteiger partial charge is 0.508 e. The molecule has 0 radical (unpaired) electrons. The summed E-state index contributed by atoms with van der Waals surface area (Å²) in [5.41, 5.74) is 18.8. The molecule has 2 aliphatic heterocycles. The molecular formula is C68H90ClN15O19S2.